The Morgan fingerprint density at radius 1 is 1.33 bits per heavy atom. The summed E-state index contributed by atoms with van der Waals surface area (Å²) in [5.74, 6) is 0.0186. The van der Waals surface area contributed by atoms with Gasteiger partial charge in [0.25, 0.3) is 16.1 Å². The van der Waals surface area contributed by atoms with Crippen LogP contribution in [0.25, 0.3) is 0 Å². The third-order valence-electron chi connectivity index (χ3n) is 3.54. The second kappa shape index (κ2) is 6.42. The molecule has 0 spiro atoms. The van der Waals surface area contributed by atoms with E-state index in [2.05, 4.69) is 4.72 Å². The Bertz CT molecular complexity index is 600. The number of likely N-dealkylation sites (tertiary alicyclic amines) is 1. The monoisotopic (exact) mass is 312 g/mol. The number of benzene rings is 1. The van der Waals surface area contributed by atoms with Crippen molar-refractivity contribution in [1.82, 2.24) is 9.62 Å². The topological polar surface area (TPSA) is 119 Å². The van der Waals surface area contributed by atoms with Crippen LogP contribution in [0.2, 0.25) is 0 Å². The largest absolute Gasteiger partial charge is 0.399 e. The van der Waals surface area contributed by atoms with Crippen molar-refractivity contribution in [3.05, 3.63) is 29.8 Å². The lowest BCUT2D eigenvalue weighted by molar-refractivity contribution is 0.0676. The van der Waals surface area contributed by atoms with Crippen molar-refractivity contribution in [1.29, 1.82) is 0 Å². The highest BCUT2D eigenvalue weighted by molar-refractivity contribution is 7.87. The Morgan fingerprint density at radius 3 is 2.62 bits per heavy atom. The molecule has 1 saturated heterocycles. The van der Waals surface area contributed by atoms with Crippen LogP contribution in [-0.4, -0.2) is 38.9 Å². The van der Waals surface area contributed by atoms with Gasteiger partial charge in [-0.05, 0) is 43.0 Å². The molecular weight excluding hydrogens is 292 g/mol. The molecule has 1 unspecified atom stereocenters. The Morgan fingerprint density at radius 2 is 2.00 bits per heavy atom. The number of piperidine rings is 1. The van der Waals surface area contributed by atoms with Crippen LogP contribution in [0.1, 0.15) is 23.2 Å². The fourth-order valence-electron chi connectivity index (χ4n) is 2.46. The summed E-state index contributed by atoms with van der Waals surface area (Å²) >= 11 is 0. The van der Waals surface area contributed by atoms with Gasteiger partial charge < -0.3 is 10.6 Å². The van der Waals surface area contributed by atoms with E-state index in [-0.39, 0.29) is 18.4 Å². The van der Waals surface area contributed by atoms with Crippen LogP contribution in [0.5, 0.6) is 0 Å². The number of amides is 1. The third kappa shape index (κ3) is 4.69. The first-order chi connectivity index (χ1) is 9.85. The molecule has 1 amide bonds. The second-order valence-corrected chi connectivity index (χ2v) is 6.65. The van der Waals surface area contributed by atoms with Gasteiger partial charge in [0.1, 0.15) is 0 Å². The van der Waals surface area contributed by atoms with Crippen LogP contribution in [0.3, 0.4) is 0 Å². The minimum absolute atomic E-state index is 0.0599. The van der Waals surface area contributed by atoms with Crippen molar-refractivity contribution in [2.45, 2.75) is 12.8 Å². The van der Waals surface area contributed by atoms with Crippen molar-refractivity contribution in [2.75, 3.05) is 25.4 Å². The van der Waals surface area contributed by atoms with Gasteiger partial charge in [-0.15, -0.1) is 0 Å². The first-order valence-corrected chi connectivity index (χ1v) is 8.32. The Kier molecular flexibility index (Phi) is 4.81. The van der Waals surface area contributed by atoms with Gasteiger partial charge in [-0.1, -0.05) is 0 Å². The molecule has 5 N–H and O–H groups in total. The summed E-state index contributed by atoms with van der Waals surface area (Å²) in [5, 5.41) is 4.92. The molecule has 0 aliphatic carbocycles. The standard InChI is InChI=1S/C13H20N4O3S/c14-12-5-3-11(4-6-12)13(18)17-7-1-2-10(9-17)8-16-21(15,19)20/h3-6,10,16H,1-2,7-9,14H2,(H2,15,19,20). The smallest absolute Gasteiger partial charge is 0.274 e. The fraction of sp³-hybridized carbons (Fsp3) is 0.462. The maximum absolute atomic E-state index is 12.4. The van der Waals surface area contributed by atoms with Crippen molar-refractivity contribution < 1.29 is 13.2 Å². The number of rotatable bonds is 4. The van der Waals surface area contributed by atoms with Gasteiger partial charge in [0.05, 0.1) is 0 Å². The number of carbonyl (C=O) groups is 1. The van der Waals surface area contributed by atoms with Gasteiger partial charge >= 0.3 is 0 Å². The predicted molar refractivity (Wildman–Crippen MR) is 80.6 cm³/mol. The zero-order chi connectivity index (χ0) is 15.5. The van der Waals surface area contributed by atoms with Crippen LogP contribution in [0, 0.1) is 5.92 Å². The molecule has 8 heteroatoms. The highest BCUT2D eigenvalue weighted by atomic mass is 32.2. The summed E-state index contributed by atoms with van der Waals surface area (Å²) in [5.41, 5.74) is 6.80. The van der Waals surface area contributed by atoms with Crippen molar-refractivity contribution in [3.63, 3.8) is 0 Å². The van der Waals surface area contributed by atoms with Gasteiger partial charge in [-0.3, -0.25) is 4.79 Å². The molecule has 1 aromatic carbocycles. The highest BCUT2D eigenvalue weighted by Gasteiger charge is 2.25. The zero-order valence-electron chi connectivity index (χ0n) is 11.7. The summed E-state index contributed by atoms with van der Waals surface area (Å²) in [7, 11) is -3.69. The molecule has 2 rings (SSSR count). The number of nitrogens with two attached hydrogens (primary N) is 2. The van der Waals surface area contributed by atoms with E-state index in [0.29, 0.717) is 24.3 Å². The molecular formula is C13H20N4O3S. The number of hydrogen-bond acceptors (Lipinski definition) is 4. The number of anilines is 1. The molecule has 1 aliphatic rings. The minimum atomic E-state index is -3.69. The van der Waals surface area contributed by atoms with Crippen LogP contribution in [-0.2, 0) is 10.2 Å². The first-order valence-electron chi connectivity index (χ1n) is 6.77. The lowest BCUT2D eigenvalue weighted by Gasteiger charge is -2.32. The van der Waals surface area contributed by atoms with Crippen molar-refractivity contribution in [3.8, 4) is 0 Å². The molecule has 0 radical (unpaired) electrons. The Labute approximate surface area is 124 Å². The zero-order valence-corrected chi connectivity index (χ0v) is 12.5. The summed E-state index contributed by atoms with van der Waals surface area (Å²) in [6, 6.07) is 6.78. The molecule has 7 nitrogen and oxygen atoms in total. The maximum Gasteiger partial charge on any atom is 0.274 e. The quantitative estimate of drug-likeness (QED) is 0.673. The second-order valence-electron chi connectivity index (χ2n) is 5.27. The number of nitrogen functional groups attached to an aromatic ring is 1. The normalized spacial score (nSPS) is 19.5. The van der Waals surface area contributed by atoms with Gasteiger partial charge in [-0.25, -0.2) is 9.86 Å². The molecule has 1 heterocycles. The molecule has 1 atom stereocenters. The maximum atomic E-state index is 12.4. The van der Waals surface area contributed by atoms with E-state index >= 15 is 0 Å². The van der Waals surface area contributed by atoms with E-state index in [9.17, 15) is 13.2 Å². The third-order valence-corrected chi connectivity index (χ3v) is 4.11. The van der Waals surface area contributed by atoms with Crippen molar-refractivity contribution >= 4 is 21.8 Å². The van der Waals surface area contributed by atoms with Crippen LogP contribution in [0.4, 0.5) is 5.69 Å². The molecule has 1 fully saturated rings. The van der Waals surface area contributed by atoms with E-state index in [1.54, 1.807) is 29.2 Å². The Balaban J connectivity index is 1.97. The number of nitrogens with one attached hydrogen (secondary N) is 1. The summed E-state index contributed by atoms with van der Waals surface area (Å²) < 4.78 is 24.1. The summed E-state index contributed by atoms with van der Waals surface area (Å²) in [6.07, 6.45) is 1.71. The van der Waals surface area contributed by atoms with Crippen LogP contribution < -0.4 is 15.6 Å². The average molecular weight is 312 g/mol. The predicted octanol–water partition coefficient (Wildman–Crippen LogP) is -0.0859. The summed E-state index contributed by atoms with van der Waals surface area (Å²) in [6.45, 7) is 1.45. The van der Waals surface area contributed by atoms with Crippen molar-refractivity contribution in [2.24, 2.45) is 11.1 Å². The van der Waals surface area contributed by atoms with Gasteiger partial charge in [0.2, 0.25) is 0 Å². The molecule has 0 aromatic heterocycles. The van der Waals surface area contributed by atoms with Crippen LogP contribution in [0.15, 0.2) is 24.3 Å². The SMILES string of the molecule is Nc1ccc(C(=O)N2CCCC(CNS(N)(=O)=O)C2)cc1. The van der Waals surface area contributed by atoms with Crippen LogP contribution >= 0.6 is 0 Å². The molecule has 0 bridgehead atoms. The molecule has 0 saturated carbocycles. The number of carbonyl (C=O) groups excluding carboxylic acids is 1. The molecule has 1 aliphatic heterocycles. The van der Waals surface area contributed by atoms with E-state index in [1.807, 2.05) is 0 Å². The minimum Gasteiger partial charge on any atom is -0.399 e. The van der Waals surface area contributed by atoms with E-state index in [1.165, 1.54) is 0 Å². The van der Waals surface area contributed by atoms with E-state index in [4.69, 9.17) is 10.9 Å². The molecule has 21 heavy (non-hydrogen) atoms. The van der Waals surface area contributed by atoms with E-state index < -0.39 is 10.2 Å². The van der Waals surface area contributed by atoms with Gasteiger partial charge in [0.15, 0.2) is 0 Å². The molecule has 1 aromatic rings. The summed E-state index contributed by atoms with van der Waals surface area (Å²) in [4.78, 5) is 14.1. The van der Waals surface area contributed by atoms with E-state index in [0.717, 1.165) is 12.8 Å². The number of nitrogens with zero attached hydrogens (tertiary/aromatic N) is 1. The molecule has 116 valence electrons. The van der Waals surface area contributed by atoms with Gasteiger partial charge in [-0.2, -0.15) is 8.42 Å². The first kappa shape index (κ1) is 15.7. The lowest BCUT2D eigenvalue weighted by atomic mass is 9.97. The average Bonchev–Trinajstić information content (AvgIpc) is 2.45. The highest BCUT2D eigenvalue weighted by Crippen LogP contribution is 2.18. The van der Waals surface area contributed by atoms with Gasteiger partial charge in [0, 0.05) is 30.9 Å². The fourth-order valence-corrected chi connectivity index (χ4v) is 2.93. The lowest BCUT2D eigenvalue weighted by Crippen LogP contribution is -2.44. The number of hydrogen-bond donors (Lipinski definition) is 3. The Hall–Kier alpha value is -1.64.